The predicted octanol–water partition coefficient (Wildman–Crippen LogP) is 3.32. The van der Waals surface area contributed by atoms with Crippen LogP contribution in [0.1, 0.15) is 17.0 Å². The van der Waals surface area contributed by atoms with E-state index in [9.17, 15) is 4.39 Å². The fourth-order valence-electron chi connectivity index (χ4n) is 1.77. The van der Waals surface area contributed by atoms with Gasteiger partial charge in [0.2, 0.25) is 0 Å². The molecule has 0 unspecified atom stereocenters. The van der Waals surface area contributed by atoms with Crippen LogP contribution in [0.4, 0.5) is 4.39 Å². The number of hydrogen-bond donors (Lipinski definition) is 1. The Morgan fingerprint density at radius 3 is 2.86 bits per heavy atom. The van der Waals surface area contributed by atoms with E-state index in [1.807, 2.05) is 19.9 Å². The minimum absolute atomic E-state index is 0.232. The Morgan fingerprint density at radius 2 is 2.19 bits per heavy atom. The van der Waals surface area contributed by atoms with Gasteiger partial charge < -0.3 is 14.5 Å². The molecule has 6 heteroatoms. The van der Waals surface area contributed by atoms with Crippen LogP contribution < -0.4 is 5.32 Å². The van der Waals surface area contributed by atoms with Crippen LogP contribution in [0.2, 0.25) is 0 Å². The highest BCUT2D eigenvalue weighted by Gasteiger charge is 2.13. The Bertz CT molecular complexity index is 582. The van der Waals surface area contributed by atoms with Crippen molar-refractivity contribution in [3.8, 4) is 0 Å². The molecule has 0 bridgehead atoms. The van der Waals surface area contributed by atoms with Gasteiger partial charge in [-0.3, -0.25) is 0 Å². The molecule has 0 spiro atoms. The molecular weight excluding hydrogens is 291 g/mol. The predicted molar refractivity (Wildman–Crippen MR) is 80.1 cm³/mol. The molecule has 114 valence electrons. The zero-order chi connectivity index (χ0) is 15.2. The lowest BCUT2D eigenvalue weighted by atomic mass is 10.2. The van der Waals surface area contributed by atoms with Crippen LogP contribution in [-0.2, 0) is 11.3 Å². The summed E-state index contributed by atoms with van der Waals surface area (Å²) in [6, 6.07) is 5.03. The third-order valence-corrected chi connectivity index (χ3v) is 4.02. The third-order valence-electron chi connectivity index (χ3n) is 3.07. The largest absolute Gasteiger partial charge is 0.436 e. The Hall–Kier alpha value is -1.37. The monoisotopic (exact) mass is 310 g/mol. The Morgan fingerprint density at radius 1 is 1.38 bits per heavy atom. The van der Waals surface area contributed by atoms with E-state index in [1.165, 1.54) is 17.8 Å². The summed E-state index contributed by atoms with van der Waals surface area (Å²) in [6.07, 6.45) is 0. The van der Waals surface area contributed by atoms with Gasteiger partial charge in [-0.2, -0.15) is 0 Å². The number of methoxy groups -OCH3 is 1. The van der Waals surface area contributed by atoms with Crippen molar-refractivity contribution in [3.63, 3.8) is 0 Å². The van der Waals surface area contributed by atoms with Gasteiger partial charge >= 0.3 is 0 Å². The fraction of sp³-hybridized carbons (Fsp3) is 0.400. The lowest BCUT2D eigenvalue weighted by Gasteiger charge is -2.10. The molecule has 0 atom stereocenters. The molecule has 1 heterocycles. The van der Waals surface area contributed by atoms with Crippen LogP contribution in [0.25, 0.3) is 0 Å². The van der Waals surface area contributed by atoms with Crippen molar-refractivity contribution in [1.29, 1.82) is 0 Å². The highest BCUT2D eigenvalue weighted by atomic mass is 32.2. The van der Waals surface area contributed by atoms with Crippen LogP contribution >= 0.6 is 11.8 Å². The molecule has 0 aliphatic heterocycles. The van der Waals surface area contributed by atoms with Crippen LogP contribution in [-0.4, -0.2) is 25.2 Å². The maximum absolute atomic E-state index is 14.0. The van der Waals surface area contributed by atoms with E-state index < -0.39 is 0 Å². The molecule has 1 aromatic heterocycles. The van der Waals surface area contributed by atoms with Gasteiger partial charge in [-0.15, -0.1) is 0 Å². The summed E-state index contributed by atoms with van der Waals surface area (Å²) in [7, 11) is 1.64. The number of nitrogens with zero attached hydrogens (tertiary/aromatic N) is 1. The average molecular weight is 310 g/mol. The molecule has 0 saturated heterocycles. The van der Waals surface area contributed by atoms with Gasteiger partial charge in [0.1, 0.15) is 11.6 Å². The van der Waals surface area contributed by atoms with E-state index in [-0.39, 0.29) is 5.82 Å². The second-order valence-electron chi connectivity index (χ2n) is 4.61. The lowest BCUT2D eigenvalue weighted by molar-refractivity contribution is 0.199. The number of aryl methyl sites for hydroxylation is 2. The van der Waals surface area contributed by atoms with E-state index in [0.29, 0.717) is 30.5 Å². The summed E-state index contributed by atoms with van der Waals surface area (Å²) >= 11 is 1.34. The van der Waals surface area contributed by atoms with Gasteiger partial charge in [-0.1, -0.05) is 6.07 Å². The molecule has 1 aromatic carbocycles. The molecule has 0 aliphatic rings. The summed E-state index contributed by atoms with van der Waals surface area (Å²) in [5.41, 5.74) is 1.47. The van der Waals surface area contributed by atoms with Crippen molar-refractivity contribution in [2.24, 2.45) is 0 Å². The molecule has 4 nitrogen and oxygen atoms in total. The van der Waals surface area contributed by atoms with E-state index in [4.69, 9.17) is 9.15 Å². The zero-order valence-corrected chi connectivity index (χ0v) is 13.2. The maximum Gasteiger partial charge on any atom is 0.261 e. The Balaban J connectivity index is 2.12. The average Bonchev–Trinajstić information content (AvgIpc) is 2.76. The summed E-state index contributed by atoms with van der Waals surface area (Å²) in [6.45, 7) is 5.46. The molecule has 1 N–H and O–H groups in total. The molecule has 0 saturated carbocycles. The molecule has 0 aliphatic carbocycles. The van der Waals surface area contributed by atoms with Crippen LogP contribution in [0, 0.1) is 19.7 Å². The number of hydrogen-bond acceptors (Lipinski definition) is 5. The topological polar surface area (TPSA) is 47.3 Å². The number of oxazole rings is 1. The molecule has 2 rings (SSSR count). The Kier molecular flexibility index (Phi) is 5.78. The highest BCUT2D eigenvalue weighted by molar-refractivity contribution is 7.99. The first-order chi connectivity index (χ1) is 10.1. The van der Waals surface area contributed by atoms with Crippen molar-refractivity contribution >= 4 is 11.8 Å². The minimum atomic E-state index is -0.232. The molecule has 0 radical (unpaired) electrons. The molecule has 2 aromatic rings. The second kappa shape index (κ2) is 7.59. The van der Waals surface area contributed by atoms with Crippen molar-refractivity contribution in [3.05, 3.63) is 41.0 Å². The first kappa shape index (κ1) is 16.0. The van der Waals surface area contributed by atoms with Gasteiger partial charge in [-0.05, 0) is 37.7 Å². The smallest absolute Gasteiger partial charge is 0.261 e. The van der Waals surface area contributed by atoms with E-state index in [0.717, 1.165) is 16.3 Å². The highest BCUT2D eigenvalue weighted by Crippen LogP contribution is 2.32. The summed E-state index contributed by atoms with van der Waals surface area (Å²) < 4.78 is 24.5. The number of benzene rings is 1. The quantitative estimate of drug-likeness (QED) is 0.795. The molecule has 0 fully saturated rings. The zero-order valence-electron chi connectivity index (χ0n) is 12.4. The van der Waals surface area contributed by atoms with Crippen molar-refractivity contribution in [1.82, 2.24) is 10.3 Å². The van der Waals surface area contributed by atoms with Crippen molar-refractivity contribution in [2.45, 2.75) is 30.5 Å². The molecule has 0 amide bonds. The van der Waals surface area contributed by atoms with Crippen molar-refractivity contribution < 1.29 is 13.5 Å². The number of nitrogens with one attached hydrogen (secondary N) is 1. The van der Waals surface area contributed by atoms with Gasteiger partial charge in [0, 0.05) is 30.7 Å². The minimum Gasteiger partial charge on any atom is -0.436 e. The molecule has 21 heavy (non-hydrogen) atoms. The van der Waals surface area contributed by atoms with E-state index in [1.54, 1.807) is 13.2 Å². The maximum atomic E-state index is 14.0. The van der Waals surface area contributed by atoms with Gasteiger partial charge in [0.25, 0.3) is 5.22 Å². The van der Waals surface area contributed by atoms with Crippen LogP contribution in [0.15, 0.2) is 32.7 Å². The van der Waals surface area contributed by atoms with Gasteiger partial charge in [-0.25, -0.2) is 9.37 Å². The number of halogens is 1. The second-order valence-corrected chi connectivity index (χ2v) is 5.60. The first-order valence-electron chi connectivity index (χ1n) is 6.70. The lowest BCUT2D eigenvalue weighted by Crippen LogP contribution is -2.19. The van der Waals surface area contributed by atoms with E-state index in [2.05, 4.69) is 10.3 Å². The first-order valence-corrected chi connectivity index (χ1v) is 7.52. The van der Waals surface area contributed by atoms with Gasteiger partial charge in [0.15, 0.2) is 0 Å². The fourth-order valence-corrected chi connectivity index (χ4v) is 2.75. The Labute approximate surface area is 128 Å². The van der Waals surface area contributed by atoms with Crippen molar-refractivity contribution in [2.75, 3.05) is 20.3 Å². The summed E-state index contributed by atoms with van der Waals surface area (Å²) in [5, 5.41) is 3.69. The third kappa shape index (κ3) is 4.30. The molecular formula is C15H19FN2O2S. The summed E-state index contributed by atoms with van der Waals surface area (Å²) in [5.74, 6) is 0.554. The number of ether oxygens (including phenoxy) is 1. The van der Waals surface area contributed by atoms with Crippen LogP contribution in [0.5, 0.6) is 0 Å². The normalized spacial score (nSPS) is 11.0. The van der Waals surface area contributed by atoms with Crippen LogP contribution in [0.3, 0.4) is 0 Å². The number of rotatable bonds is 7. The summed E-state index contributed by atoms with van der Waals surface area (Å²) in [4.78, 5) is 5.13. The van der Waals surface area contributed by atoms with Gasteiger partial charge in [0.05, 0.1) is 12.3 Å². The standard InChI is InChI=1S/C15H19FN2O2S/c1-10-11(2)20-15(18-10)21-14-6-4-5-13(16)12(14)9-17-7-8-19-3/h4-6,17H,7-9H2,1-3H3. The number of aromatic nitrogens is 1. The van der Waals surface area contributed by atoms with E-state index >= 15 is 0 Å². The SMILES string of the molecule is COCCNCc1c(F)cccc1Sc1nc(C)c(C)o1.